The van der Waals surface area contributed by atoms with Crippen LogP contribution in [0.15, 0.2) is 30.5 Å². The Morgan fingerprint density at radius 1 is 1.30 bits per heavy atom. The summed E-state index contributed by atoms with van der Waals surface area (Å²) < 4.78 is 30.6. The molecule has 0 fully saturated rings. The molecule has 2 rings (SSSR count). The van der Waals surface area contributed by atoms with Gasteiger partial charge < -0.3 is 10.1 Å². The smallest absolute Gasteiger partial charge is 0.333 e. The summed E-state index contributed by atoms with van der Waals surface area (Å²) in [6, 6.07) is 7.54. The van der Waals surface area contributed by atoms with E-state index >= 15 is 0 Å². The minimum Gasteiger partial charge on any atom is -0.497 e. The van der Waals surface area contributed by atoms with Crippen molar-refractivity contribution in [2.45, 2.75) is 20.0 Å². The van der Waals surface area contributed by atoms with Gasteiger partial charge in [0.1, 0.15) is 5.75 Å². The van der Waals surface area contributed by atoms with Crippen molar-refractivity contribution < 1.29 is 13.5 Å². The molecule has 0 aliphatic rings. The third-order valence-electron chi connectivity index (χ3n) is 2.76. The van der Waals surface area contributed by atoms with E-state index in [0.717, 1.165) is 11.3 Å². The van der Waals surface area contributed by atoms with Crippen LogP contribution in [0.1, 0.15) is 17.8 Å². The van der Waals surface area contributed by atoms with Crippen molar-refractivity contribution in [3.63, 3.8) is 0 Å². The monoisotopic (exact) mass is 303 g/mol. The molecule has 1 aromatic heterocycles. The molecule has 1 N–H and O–H groups in total. The van der Waals surface area contributed by atoms with Crippen LogP contribution in [0.25, 0.3) is 0 Å². The van der Waals surface area contributed by atoms with Crippen LogP contribution in [0.3, 0.4) is 0 Å². The maximum Gasteiger partial charge on any atom is 0.333 e. The number of hydrogen-bond acceptors (Lipinski definition) is 3. The summed E-state index contributed by atoms with van der Waals surface area (Å²) >= 11 is 0. The molecule has 0 saturated heterocycles. The molecular formula is C13H16ClF2N3O. The highest BCUT2D eigenvalue weighted by atomic mass is 35.5. The lowest BCUT2D eigenvalue weighted by Gasteiger charge is -2.06. The van der Waals surface area contributed by atoms with Gasteiger partial charge in [0.25, 0.3) is 0 Å². The first kappa shape index (κ1) is 16.2. The summed E-state index contributed by atoms with van der Waals surface area (Å²) in [5, 5.41) is 6.82. The predicted octanol–water partition coefficient (Wildman–Crippen LogP) is 3.63. The van der Waals surface area contributed by atoms with E-state index in [1.54, 1.807) is 14.0 Å². The van der Waals surface area contributed by atoms with E-state index < -0.39 is 6.55 Å². The quantitative estimate of drug-likeness (QED) is 0.917. The largest absolute Gasteiger partial charge is 0.497 e. The van der Waals surface area contributed by atoms with E-state index in [1.165, 1.54) is 6.20 Å². The molecule has 4 nitrogen and oxygen atoms in total. The number of ether oxygens (including phenoxy) is 1. The molecule has 7 heteroatoms. The average molecular weight is 304 g/mol. The molecule has 0 aliphatic carbocycles. The average Bonchev–Trinajstić information content (AvgIpc) is 2.79. The van der Waals surface area contributed by atoms with E-state index in [4.69, 9.17) is 4.74 Å². The summed E-state index contributed by atoms with van der Waals surface area (Å²) in [7, 11) is 1.61. The molecular weight excluding hydrogens is 288 g/mol. The second-order valence-electron chi connectivity index (χ2n) is 4.09. The molecule has 1 heterocycles. The van der Waals surface area contributed by atoms with E-state index in [0.29, 0.717) is 22.6 Å². The molecule has 2 aromatic rings. The van der Waals surface area contributed by atoms with Crippen LogP contribution >= 0.6 is 12.4 Å². The van der Waals surface area contributed by atoms with Gasteiger partial charge in [-0.1, -0.05) is 12.1 Å². The third kappa shape index (κ3) is 3.84. The number of nitrogens with zero attached hydrogens (tertiary/aromatic N) is 2. The number of anilines is 1. The number of benzene rings is 1. The van der Waals surface area contributed by atoms with Crippen LogP contribution in [0, 0.1) is 6.92 Å². The van der Waals surface area contributed by atoms with Crippen LogP contribution in [0.2, 0.25) is 0 Å². The van der Waals surface area contributed by atoms with Gasteiger partial charge in [0, 0.05) is 6.54 Å². The molecule has 0 spiro atoms. The van der Waals surface area contributed by atoms with Gasteiger partial charge in [-0.3, -0.25) is 0 Å². The number of aromatic nitrogens is 2. The number of alkyl halides is 2. The molecule has 1 aromatic carbocycles. The summed E-state index contributed by atoms with van der Waals surface area (Å²) in [6.07, 6.45) is 1.31. The molecule has 0 amide bonds. The van der Waals surface area contributed by atoms with Crippen LogP contribution in [-0.4, -0.2) is 16.9 Å². The number of hydrogen-bond donors (Lipinski definition) is 1. The summed E-state index contributed by atoms with van der Waals surface area (Å²) in [6.45, 7) is -0.384. The van der Waals surface area contributed by atoms with Gasteiger partial charge in [-0.05, 0) is 24.6 Å². The van der Waals surface area contributed by atoms with Gasteiger partial charge in [0.05, 0.1) is 24.7 Å². The van der Waals surface area contributed by atoms with Gasteiger partial charge in [0.15, 0.2) is 0 Å². The minimum atomic E-state index is -2.62. The van der Waals surface area contributed by atoms with Gasteiger partial charge in [-0.25, -0.2) is 4.68 Å². The first-order chi connectivity index (χ1) is 9.10. The van der Waals surface area contributed by atoms with E-state index in [-0.39, 0.29) is 12.4 Å². The first-order valence-electron chi connectivity index (χ1n) is 5.81. The second kappa shape index (κ2) is 7.09. The number of methoxy groups -OCH3 is 1. The normalized spacial score (nSPS) is 10.2. The summed E-state index contributed by atoms with van der Waals surface area (Å²) in [5.74, 6) is 0.783. The highest BCUT2D eigenvalue weighted by Gasteiger charge is 2.10. The Hall–Kier alpha value is -1.82. The molecule has 110 valence electrons. The highest BCUT2D eigenvalue weighted by Crippen LogP contribution is 2.19. The van der Waals surface area contributed by atoms with Crippen molar-refractivity contribution in [1.29, 1.82) is 0 Å². The minimum absolute atomic E-state index is 0. The molecule has 0 bridgehead atoms. The molecule has 0 radical (unpaired) electrons. The van der Waals surface area contributed by atoms with Crippen molar-refractivity contribution in [1.82, 2.24) is 9.78 Å². The second-order valence-corrected chi connectivity index (χ2v) is 4.09. The van der Waals surface area contributed by atoms with Crippen molar-refractivity contribution in [3.8, 4) is 5.75 Å². The van der Waals surface area contributed by atoms with Crippen LogP contribution in [-0.2, 0) is 6.54 Å². The van der Waals surface area contributed by atoms with Crippen LogP contribution in [0.4, 0.5) is 14.5 Å². The number of halogens is 3. The lowest BCUT2D eigenvalue weighted by Crippen LogP contribution is -2.00. The van der Waals surface area contributed by atoms with E-state index in [9.17, 15) is 8.78 Å². The fourth-order valence-electron chi connectivity index (χ4n) is 1.70. The van der Waals surface area contributed by atoms with E-state index in [2.05, 4.69) is 10.4 Å². The van der Waals surface area contributed by atoms with Gasteiger partial charge in [-0.2, -0.15) is 13.9 Å². The molecule has 0 aliphatic heterocycles. The predicted molar refractivity (Wildman–Crippen MR) is 75.8 cm³/mol. The highest BCUT2D eigenvalue weighted by molar-refractivity contribution is 5.85. The van der Waals surface area contributed by atoms with Gasteiger partial charge in [0.2, 0.25) is 0 Å². The molecule has 0 saturated carbocycles. The number of aryl methyl sites for hydroxylation is 1. The molecule has 0 atom stereocenters. The Morgan fingerprint density at radius 2 is 1.95 bits per heavy atom. The number of rotatable bonds is 5. The zero-order valence-corrected chi connectivity index (χ0v) is 12.0. The Morgan fingerprint density at radius 3 is 2.45 bits per heavy atom. The van der Waals surface area contributed by atoms with Crippen LogP contribution in [0.5, 0.6) is 5.75 Å². The van der Waals surface area contributed by atoms with Crippen molar-refractivity contribution in [3.05, 3.63) is 41.7 Å². The SMILES string of the molecule is COc1ccc(CNc2cn(C(F)F)nc2C)cc1.Cl. The summed E-state index contributed by atoms with van der Waals surface area (Å²) in [4.78, 5) is 0. The fraction of sp³-hybridized carbons (Fsp3) is 0.308. The van der Waals surface area contributed by atoms with Crippen molar-refractivity contribution in [2.75, 3.05) is 12.4 Å². The lowest BCUT2D eigenvalue weighted by molar-refractivity contribution is 0.0563. The molecule has 0 unspecified atom stereocenters. The maximum absolute atomic E-state index is 12.5. The van der Waals surface area contributed by atoms with Gasteiger partial charge in [-0.15, -0.1) is 12.4 Å². The van der Waals surface area contributed by atoms with Crippen molar-refractivity contribution in [2.24, 2.45) is 0 Å². The zero-order chi connectivity index (χ0) is 13.8. The zero-order valence-electron chi connectivity index (χ0n) is 11.1. The van der Waals surface area contributed by atoms with Crippen molar-refractivity contribution >= 4 is 18.1 Å². The molecule has 20 heavy (non-hydrogen) atoms. The fourth-order valence-corrected chi connectivity index (χ4v) is 1.70. The first-order valence-corrected chi connectivity index (χ1v) is 5.81. The lowest BCUT2D eigenvalue weighted by atomic mass is 10.2. The maximum atomic E-state index is 12.5. The Kier molecular flexibility index (Phi) is 5.76. The third-order valence-corrected chi connectivity index (χ3v) is 2.76. The van der Waals surface area contributed by atoms with Crippen LogP contribution < -0.4 is 10.1 Å². The van der Waals surface area contributed by atoms with E-state index in [1.807, 2.05) is 24.3 Å². The van der Waals surface area contributed by atoms with Gasteiger partial charge >= 0.3 is 6.55 Å². The Labute approximate surface area is 122 Å². The number of nitrogens with one attached hydrogen (secondary N) is 1. The Bertz CT molecular complexity index is 543. The standard InChI is InChI=1S/C13H15F2N3O.ClH/c1-9-12(8-18(17-9)13(14)15)16-7-10-3-5-11(19-2)6-4-10;/h3-6,8,13,16H,7H2,1-2H3;1H. The topological polar surface area (TPSA) is 39.1 Å². The Balaban J connectivity index is 0.00000200. The summed E-state index contributed by atoms with van der Waals surface area (Å²) in [5.41, 5.74) is 2.19.